The van der Waals surface area contributed by atoms with Gasteiger partial charge in [0, 0.05) is 19.5 Å². The molecular formula is C21H26N2O4S. The minimum atomic E-state index is -3.66. The quantitative estimate of drug-likeness (QED) is 0.689. The zero-order valence-corrected chi connectivity index (χ0v) is 17.1. The Morgan fingerprint density at radius 1 is 1.18 bits per heavy atom. The molecule has 1 N–H and O–H groups in total. The van der Waals surface area contributed by atoms with Crippen LogP contribution in [0.25, 0.3) is 0 Å². The maximum atomic E-state index is 12.7. The Bertz CT molecular complexity index is 957. The lowest BCUT2D eigenvalue weighted by atomic mass is 10.1. The van der Waals surface area contributed by atoms with Gasteiger partial charge in [-0.05, 0) is 49.9 Å². The normalized spacial score (nSPS) is 14.5. The largest absolute Gasteiger partial charge is 0.495 e. The monoisotopic (exact) mass is 402 g/mol. The summed E-state index contributed by atoms with van der Waals surface area (Å²) >= 11 is 0. The van der Waals surface area contributed by atoms with E-state index in [4.69, 9.17) is 4.74 Å². The molecule has 2 aromatic carbocycles. The molecule has 0 atom stereocenters. The Labute approximate surface area is 166 Å². The van der Waals surface area contributed by atoms with E-state index in [1.807, 2.05) is 25.1 Å². The number of sulfonamides is 1. The van der Waals surface area contributed by atoms with E-state index in [1.54, 1.807) is 11.0 Å². The molecule has 1 heterocycles. The van der Waals surface area contributed by atoms with E-state index in [9.17, 15) is 13.2 Å². The second kappa shape index (κ2) is 8.75. The van der Waals surface area contributed by atoms with Crippen molar-refractivity contribution in [2.45, 2.75) is 37.5 Å². The molecule has 0 spiro atoms. The SMILES string of the molecule is COc1ccc(S(=O)(=O)NCCCc2cccc(C)c2)cc1N1CCCC1=O. The minimum Gasteiger partial charge on any atom is -0.495 e. The summed E-state index contributed by atoms with van der Waals surface area (Å²) in [7, 11) is -2.15. The van der Waals surface area contributed by atoms with Crippen LogP contribution in [0.2, 0.25) is 0 Å². The van der Waals surface area contributed by atoms with E-state index in [1.165, 1.54) is 30.4 Å². The van der Waals surface area contributed by atoms with E-state index in [0.29, 0.717) is 37.4 Å². The molecule has 0 aromatic heterocycles. The molecule has 0 aliphatic carbocycles. The van der Waals surface area contributed by atoms with Crippen molar-refractivity contribution in [2.24, 2.45) is 0 Å². The number of anilines is 1. The highest BCUT2D eigenvalue weighted by Crippen LogP contribution is 2.33. The molecule has 2 aromatic rings. The van der Waals surface area contributed by atoms with Crippen LogP contribution < -0.4 is 14.4 Å². The average Bonchev–Trinajstić information content (AvgIpc) is 3.10. The summed E-state index contributed by atoms with van der Waals surface area (Å²) in [6.07, 6.45) is 2.74. The van der Waals surface area contributed by atoms with Gasteiger partial charge in [-0.3, -0.25) is 4.79 Å². The third kappa shape index (κ3) is 4.72. The van der Waals surface area contributed by atoms with Gasteiger partial charge in [0.05, 0.1) is 17.7 Å². The molecule has 7 heteroatoms. The summed E-state index contributed by atoms with van der Waals surface area (Å²) in [5.41, 5.74) is 2.89. The van der Waals surface area contributed by atoms with Gasteiger partial charge in [0.2, 0.25) is 15.9 Å². The van der Waals surface area contributed by atoms with Gasteiger partial charge in [-0.1, -0.05) is 29.8 Å². The lowest BCUT2D eigenvalue weighted by Gasteiger charge is -2.20. The van der Waals surface area contributed by atoms with Crippen molar-refractivity contribution in [1.82, 2.24) is 4.72 Å². The van der Waals surface area contributed by atoms with Crippen molar-refractivity contribution in [3.63, 3.8) is 0 Å². The van der Waals surface area contributed by atoms with Crippen LogP contribution in [0.5, 0.6) is 5.75 Å². The van der Waals surface area contributed by atoms with E-state index in [-0.39, 0.29) is 10.8 Å². The number of benzene rings is 2. The van der Waals surface area contributed by atoms with Gasteiger partial charge in [-0.2, -0.15) is 0 Å². The number of carbonyl (C=O) groups is 1. The third-order valence-corrected chi connectivity index (χ3v) is 6.30. The topological polar surface area (TPSA) is 75.7 Å². The average molecular weight is 403 g/mol. The van der Waals surface area contributed by atoms with Crippen molar-refractivity contribution in [3.8, 4) is 5.75 Å². The van der Waals surface area contributed by atoms with Gasteiger partial charge < -0.3 is 9.64 Å². The molecule has 0 radical (unpaired) electrons. The number of ether oxygens (including phenoxy) is 1. The molecule has 0 unspecified atom stereocenters. The molecular weight excluding hydrogens is 376 g/mol. The molecule has 3 rings (SSSR count). The molecule has 28 heavy (non-hydrogen) atoms. The second-order valence-corrected chi connectivity index (χ2v) is 8.74. The first-order valence-corrected chi connectivity index (χ1v) is 10.9. The molecule has 0 saturated carbocycles. The van der Waals surface area contributed by atoms with Crippen LogP contribution in [0.1, 0.15) is 30.4 Å². The summed E-state index contributed by atoms with van der Waals surface area (Å²) in [6, 6.07) is 12.8. The van der Waals surface area contributed by atoms with Gasteiger partial charge in [0.25, 0.3) is 0 Å². The van der Waals surface area contributed by atoms with Crippen LogP contribution in [-0.4, -0.2) is 34.5 Å². The summed E-state index contributed by atoms with van der Waals surface area (Å²) in [4.78, 5) is 13.8. The number of aryl methyl sites for hydroxylation is 2. The van der Waals surface area contributed by atoms with Crippen molar-refractivity contribution in [3.05, 3.63) is 53.6 Å². The van der Waals surface area contributed by atoms with Crippen LogP contribution in [0, 0.1) is 6.92 Å². The molecule has 6 nitrogen and oxygen atoms in total. The molecule has 1 fully saturated rings. The van der Waals surface area contributed by atoms with Crippen molar-refractivity contribution in [2.75, 3.05) is 25.1 Å². The summed E-state index contributed by atoms with van der Waals surface area (Å²) < 4.78 is 33.4. The number of hydrogen-bond acceptors (Lipinski definition) is 4. The van der Waals surface area contributed by atoms with Crippen molar-refractivity contribution >= 4 is 21.6 Å². The number of hydrogen-bond donors (Lipinski definition) is 1. The van der Waals surface area contributed by atoms with Gasteiger partial charge in [-0.15, -0.1) is 0 Å². The molecule has 1 aliphatic heterocycles. The van der Waals surface area contributed by atoms with Crippen LogP contribution >= 0.6 is 0 Å². The summed E-state index contributed by atoms with van der Waals surface area (Å²) in [6.45, 7) is 2.96. The Morgan fingerprint density at radius 2 is 2.00 bits per heavy atom. The number of carbonyl (C=O) groups excluding carboxylic acids is 1. The van der Waals surface area contributed by atoms with E-state index in [2.05, 4.69) is 10.8 Å². The van der Waals surface area contributed by atoms with Gasteiger partial charge >= 0.3 is 0 Å². The standard InChI is InChI=1S/C21H26N2O4S/c1-16-6-3-7-17(14-16)8-4-12-22-28(25,26)18-10-11-20(27-2)19(15-18)23-13-5-9-21(23)24/h3,6-7,10-11,14-15,22H,4-5,8-9,12-13H2,1-2H3. The third-order valence-electron chi connectivity index (χ3n) is 4.84. The second-order valence-electron chi connectivity index (χ2n) is 6.97. The molecule has 0 bridgehead atoms. The van der Waals surface area contributed by atoms with Crippen LogP contribution in [0.4, 0.5) is 5.69 Å². The number of nitrogens with zero attached hydrogens (tertiary/aromatic N) is 1. The predicted octanol–water partition coefficient (Wildman–Crippen LogP) is 3.04. The smallest absolute Gasteiger partial charge is 0.240 e. The van der Waals surface area contributed by atoms with E-state index < -0.39 is 10.0 Å². The predicted molar refractivity (Wildman–Crippen MR) is 109 cm³/mol. The number of amides is 1. The summed E-state index contributed by atoms with van der Waals surface area (Å²) in [5, 5.41) is 0. The van der Waals surface area contributed by atoms with Crippen LogP contribution in [-0.2, 0) is 21.2 Å². The molecule has 1 amide bonds. The first-order chi connectivity index (χ1) is 13.4. The highest BCUT2D eigenvalue weighted by molar-refractivity contribution is 7.89. The lowest BCUT2D eigenvalue weighted by molar-refractivity contribution is -0.117. The zero-order valence-electron chi connectivity index (χ0n) is 16.3. The van der Waals surface area contributed by atoms with Crippen LogP contribution in [0.3, 0.4) is 0 Å². The highest BCUT2D eigenvalue weighted by atomic mass is 32.2. The Morgan fingerprint density at radius 3 is 2.68 bits per heavy atom. The van der Waals surface area contributed by atoms with E-state index >= 15 is 0 Å². The van der Waals surface area contributed by atoms with Crippen molar-refractivity contribution in [1.29, 1.82) is 0 Å². The molecule has 150 valence electrons. The van der Waals surface area contributed by atoms with Crippen LogP contribution in [0.15, 0.2) is 47.4 Å². The Hall–Kier alpha value is -2.38. The lowest BCUT2D eigenvalue weighted by Crippen LogP contribution is -2.27. The molecule has 1 saturated heterocycles. The maximum Gasteiger partial charge on any atom is 0.240 e. The zero-order chi connectivity index (χ0) is 20.1. The maximum absolute atomic E-state index is 12.7. The first-order valence-electron chi connectivity index (χ1n) is 9.44. The highest BCUT2D eigenvalue weighted by Gasteiger charge is 2.26. The minimum absolute atomic E-state index is 0.0149. The fourth-order valence-electron chi connectivity index (χ4n) is 3.40. The van der Waals surface area contributed by atoms with Gasteiger partial charge in [0.1, 0.15) is 5.75 Å². The number of rotatable bonds is 8. The van der Waals surface area contributed by atoms with Gasteiger partial charge in [-0.25, -0.2) is 13.1 Å². The summed E-state index contributed by atoms with van der Waals surface area (Å²) in [5.74, 6) is 0.479. The first kappa shape index (κ1) is 20.4. The number of methoxy groups -OCH3 is 1. The fraction of sp³-hybridized carbons (Fsp3) is 0.381. The van der Waals surface area contributed by atoms with Gasteiger partial charge in [0.15, 0.2) is 0 Å². The molecule has 1 aliphatic rings. The number of nitrogens with one attached hydrogen (secondary N) is 1. The van der Waals surface area contributed by atoms with E-state index in [0.717, 1.165) is 12.8 Å². The Balaban J connectivity index is 1.68. The van der Waals surface area contributed by atoms with Crippen molar-refractivity contribution < 1.29 is 17.9 Å². The Kier molecular flexibility index (Phi) is 6.36. The fourth-order valence-corrected chi connectivity index (χ4v) is 4.49.